The molecule has 0 radical (unpaired) electrons. The minimum atomic E-state index is -0.0394. The summed E-state index contributed by atoms with van der Waals surface area (Å²) in [5.74, 6) is 0.125. The lowest BCUT2D eigenvalue weighted by Gasteiger charge is -2.07. The summed E-state index contributed by atoms with van der Waals surface area (Å²) in [6.07, 6.45) is 2.53. The number of ketones is 1. The van der Waals surface area contributed by atoms with Gasteiger partial charge in [-0.25, -0.2) is 0 Å². The van der Waals surface area contributed by atoms with Crippen LogP contribution in [-0.4, -0.2) is 5.78 Å². The monoisotopic (exact) mass is 174 g/mol. The Kier molecular flexibility index (Phi) is 3.44. The van der Waals surface area contributed by atoms with Gasteiger partial charge in [-0.15, -0.1) is 6.58 Å². The average Bonchev–Trinajstić information content (AvgIpc) is 2.21. The third-order valence-electron chi connectivity index (χ3n) is 2.12. The van der Waals surface area contributed by atoms with Crippen molar-refractivity contribution in [3.63, 3.8) is 0 Å². The Morgan fingerprint density at radius 2 is 2.08 bits per heavy atom. The van der Waals surface area contributed by atoms with Gasteiger partial charge in [0, 0.05) is 11.5 Å². The molecule has 1 aromatic rings. The molecule has 1 heteroatoms. The van der Waals surface area contributed by atoms with E-state index in [1.165, 1.54) is 0 Å². The topological polar surface area (TPSA) is 17.1 Å². The van der Waals surface area contributed by atoms with Crippen molar-refractivity contribution >= 4 is 5.78 Å². The van der Waals surface area contributed by atoms with Crippen LogP contribution in [0, 0.1) is 5.92 Å². The lowest BCUT2D eigenvalue weighted by Crippen LogP contribution is -2.10. The quantitative estimate of drug-likeness (QED) is 0.506. The van der Waals surface area contributed by atoms with Crippen molar-refractivity contribution in [3.05, 3.63) is 48.6 Å². The largest absolute Gasteiger partial charge is 0.294 e. The van der Waals surface area contributed by atoms with Crippen LogP contribution >= 0.6 is 0 Å². The third-order valence-corrected chi connectivity index (χ3v) is 2.12. The Morgan fingerprint density at radius 3 is 2.54 bits per heavy atom. The van der Waals surface area contributed by atoms with Crippen molar-refractivity contribution in [2.24, 2.45) is 5.92 Å². The van der Waals surface area contributed by atoms with E-state index in [1.54, 1.807) is 6.08 Å². The van der Waals surface area contributed by atoms with Crippen molar-refractivity contribution in [1.82, 2.24) is 0 Å². The maximum Gasteiger partial charge on any atom is 0.169 e. The Balaban J connectivity index is 2.84. The number of carbonyl (C=O) groups is 1. The zero-order valence-corrected chi connectivity index (χ0v) is 7.86. The Bertz CT molecular complexity index is 287. The normalized spacial score (nSPS) is 12.1. The minimum Gasteiger partial charge on any atom is -0.294 e. The van der Waals surface area contributed by atoms with Gasteiger partial charge in [-0.3, -0.25) is 4.79 Å². The summed E-state index contributed by atoms with van der Waals surface area (Å²) in [6, 6.07) is 9.35. The molecule has 0 heterocycles. The van der Waals surface area contributed by atoms with Crippen LogP contribution in [-0.2, 0) is 0 Å². The van der Waals surface area contributed by atoms with E-state index < -0.39 is 0 Å². The van der Waals surface area contributed by atoms with Crippen molar-refractivity contribution in [2.75, 3.05) is 0 Å². The molecular weight excluding hydrogens is 160 g/mol. The molecule has 0 fully saturated rings. The van der Waals surface area contributed by atoms with E-state index in [4.69, 9.17) is 0 Å². The molecule has 1 rings (SSSR count). The molecular formula is C12H14O. The molecule has 0 spiro atoms. The van der Waals surface area contributed by atoms with Crippen molar-refractivity contribution < 1.29 is 4.79 Å². The number of rotatable bonds is 4. The van der Waals surface area contributed by atoms with Gasteiger partial charge >= 0.3 is 0 Å². The summed E-state index contributed by atoms with van der Waals surface area (Å²) in [7, 11) is 0. The molecule has 0 saturated heterocycles. The number of hydrogen-bond acceptors (Lipinski definition) is 1. The molecule has 0 amide bonds. The predicted octanol–water partition coefficient (Wildman–Crippen LogP) is 3.08. The first-order chi connectivity index (χ1) is 6.29. The van der Waals surface area contributed by atoms with Gasteiger partial charge in [0.05, 0.1) is 0 Å². The van der Waals surface area contributed by atoms with Gasteiger partial charge in [-0.05, 0) is 6.42 Å². The fourth-order valence-corrected chi connectivity index (χ4v) is 1.28. The minimum absolute atomic E-state index is 0.0394. The van der Waals surface area contributed by atoms with Crippen LogP contribution in [0.2, 0.25) is 0 Å². The van der Waals surface area contributed by atoms with Gasteiger partial charge in [0.1, 0.15) is 0 Å². The van der Waals surface area contributed by atoms with Gasteiger partial charge in [-0.1, -0.05) is 43.3 Å². The van der Waals surface area contributed by atoms with Crippen molar-refractivity contribution in [2.45, 2.75) is 13.3 Å². The van der Waals surface area contributed by atoms with Gasteiger partial charge in [-0.2, -0.15) is 0 Å². The smallest absolute Gasteiger partial charge is 0.169 e. The molecule has 0 aliphatic carbocycles. The molecule has 1 aromatic carbocycles. The van der Waals surface area contributed by atoms with Crippen LogP contribution in [0.4, 0.5) is 0 Å². The first-order valence-electron chi connectivity index (χ1n) is 4.51. The van der Waals surface area contributed by atoms with E-state index in [9.17, 15) is 4.79 Å². The van der Waals surface area contributed by atoms with E-state index in [0.717, 1.165) is 12.0 Å². The lowest BCUT2D eigenvalue weighted by molar-refractivity contribution is 0.0943. The average molecular weight is 174 g/mol. The standard InChI is InChI=1S/C12H14O/c1-3-10(4-2)12(13)11-8-6-5-7-9-11/h3,5-10H,1,4H2,2H3. The van der Waals surface area contributed by atoms with Gasteiger partial charge < -0.3 is 0 Å². The lowest BCUT2D eigenvalue weighted by atomic mass is 9.96. The molecule has 1 unspecified atom stereocenters. The van der Waals surface area contributed by atoms with Crippen LogP contribution in [0.5, 0.6) is 0 Å². The fourth-order valence-electron chi connectivity index (χ4n) is 1.28. The van der Waals surface area contributed by atoms with Gasteiger partial charge in [0.25, 0.3) is 0 Å². The summed E-state index contributed by atoms with van der Waals surface area (Å²) in [5, 5.41) is 0. The zero-order valence-electron chi connectivity index (χ0n) is 7.86. The zero-order chi connectivity index (χ0) is 9.68. The SMILES string of the molecule is C=CC(CC)C(=O)c1ccccc1. The molecule has 0 saturated carbocycles. The van der Waals surface area contributed by atoms with Crippen LogP contribution in [0.3, 0.4) is 0 Å². The third kappa shape index (κ3) is 2.28. The number of hydrogen-bond donors (Lipinski definition) is 0. The van der Waals surface area contributed by atoms with Crippen LogP contribution in [0.25, 0.3) is 0 Å². The highest BCUT2D eigenvalue weighted by Crippen LogP contribution is 2.12. The van der Waals surface area contributed by atoms with E-state index in [2.05, 4.69) is 6.58 Å². The molecule has 0 aliphatic rings. The molecule has 1 atom stereocenters. The van der Waals surface area contributed by atoms with Crippen molar-refractivity contribution in [3.8, 4) is 0 Å². The maximum atomic E-state index is 11.7. The molecule has 0 aliphatic heterocycles. The van der Waals surface area contributed by atoms with E-state index in [1.807, 2.05) is 37.3 Å². The van der Waals surface area contributed by atoms with Crippen LogP contribution in [0.1, 0.15) is 23.7 Å². The number of benzene rings is 1. The Hall–Kier alpha value is -1.37. The second kappa shape index (κ2) is 4.61. The molecule has 1 nitrogen and oxygen atoms in total. The molecule has 0 aromatic heterocycles. The summed E-state index contributed by atoms with van der Waals surface area (Å²) in [6.45, 7) is 5.65. The second-order valence-electron chi connectivity index (χ2n) is 2.98. The Morgan fingerprint density at radius 1 is 1.46 bits per heavy atom. The van der Waals surface area contributed by atoms with Crippen molar-refractivity contribution in [1.29, 1.82) is 0 Å². The highest BCUT2D eigenvalue weighted by molar-refractivity contribution is 5.98. The van der Waals surface area contributed by atoms with E-state index >= 15 is 0 Å². The molecule has 13 heavy (non-hydrogen) atoms. The molecule has 0 N–H and O–H groups in total. The number of carbonyl (C=O) groups excluding carboxylic acids is 1. The molecule has 0 bridgehead atoms. The number of allylic oxidation sites excluding steroid dienone is 1. The summed E-state index contributed by atoms with van der Waals surface area (Å²) in [4.78, 5) is 11.7. The van der Waals surface area contributed by atoms with Crippen LogP contribution in [0.15, 0.2) is 43.0 Å². The van der Waals surface area contributed by atoms with Gasteiger partial charge in [0.15, 0.2) is 5.78 Å². The second-order valence-corrected chi connectivity index (χ2v) is 2.98. The highest BCUT2D eigenvalue weighted by atomic mass is 16.1. The first kappa shape index (κ1) is 9.72. The first-order valence-corrected chi connectivity index (χ1v) is 4.51. The Labute approximate surface area is 79.1 Å². The summed E-state index contributed by atoms with van der Waals surface area (Å²) in [5.41, 5.74) is 0.772. The molecule has 68 valence electrons. The van der Waals surface area contributed by atoms with E-state index in [-0.39, 0.29) is 11.7 Å². The van der Waals surface area contributed by atoms with E-state index in [0.29, 0.717) is 0 Å². The van der Waals surface area contributed by atoms with Crippen LogP contribution < -0.4 is 0 Å². The maximum absolute atomic E-state index is 11.7. The van der Waals surface area contributed by atoms with Gasteiger partial charge in [0.2, 0.25) is 0 Å². The summed E-state index contributed by atoms with van der Waals surface area (Å²) < 4.78 is 0. The highest BCUT2D eigenvalue weighted by Gasteiger charge is 2.13. The predicted molar refractivity (Wildman–Crippen MR) is 54.8 cm³/mol. The summed E-state index contributed by atoms with van der Waals surface area (Å²) >= 11 is 0. The fraction of sp³-hybridized carbons (Fsp3) is 0.250. The number of Topliss-reactive ketones (excluding diaryl/α,β-unsaturated/α-hetero) is 1.